The number of benzene rings is 3. The summed E-state index contributed by atoms with van der Waals surface area (Å²) in [7, 11) is 0. The van der Waals surface area contributed by atoms with E-state index in [0.717, 1.165) is 16.8 Å². The summed E-state index contributed by atoms with van der Waals surface area (Å²) in [6.07, 6.45) is 0. The summed E-state index contributed by atoms with van der Waals surface area (Å²) in [6.45, 7) is 0.848. The van der Waals surface area contributed by atoms with Gasteiger partial charge in [0.05, 0.1) is 11.9 Å². The van der Waals surface area contributed by atoms with Gasteiger partial charge in [-0.2, -0.15) is 5.10 Å². The predicted octanol–water partition coefficient (Wildman–Crippen LogP) is 4.88. The van der Waals surface area contributed by atoms with Gasteiger partial charge in [0.15, 0.2) is 0 Å². The molecular formula is C26H18F3N3O3. The van der Waals surface area contributed by atoms with E-state index in [0.29, 0.717) is 27.5 Å². The highest BCUT2D eigenvalue weighted by Crippen LogP contribution is 2.37. The highest BCUT2D eigenvalue weighted by Gasteiger charge is 2.23. The Hall–Kier alpha value is -4.40. The van der Waals surface area contributed by atoms with E-state index in [9.17, 15) is 27.9 Å². The van der Waals surface area contributed by atoms with Gasteiger partial charge in [-0.15, -0.1) is 0 Å². The monoisotopic (exact) mass is 477 g/mol. The second-order valence-corrected chi connectivity index (χ2v) is 8.16. The van der Waals surface area contributed by atoms with E-state index in [1.807, 2.05) is 0 Å². The molecule has 0 spiro atoms. The van der Waals surface area contributed by atoms with E-state index in [1.54, 1.807) is 31.2 Å². The average molecular weight is 477 g/mol. The predicted molar refractivity (Wildman–Crippen MR) is 125 cm³/mol. The Morgan fingerprint density at radius 1 is 0.943 bits per heavy atom. The largest absolute Gasteiger partial charge is 0.480 e. The molecule has 0 unspecified atom stereocenters. The smallest absolute Gasteiger partial charge is 0.323 e. The van der Waals surface area contributed by atoms with E-state index in [-0.39, 0.29) is 23.2 Å². The van der Waals surface area contributed by atoms with Crippen LogP contribution in [0.15, 0.2) is 65.5 Å². The molecule has 0 radical (unpaired) electrons. The number of fused-ring (bicyclic) bond motifs is 2. The Balaban J connectivity index is 1.85. The molecule has 3 aromatic carbocycles. The van der Waals surface area contributed by atoms with E-state index in [2.05, 4.69) is 5.10 Å². The third-order valence-electron chi connectivity index (χ3n) is 6.05. The van der Waals surface area contributed by atoms with Crippen LogP contribution in [0.25, 0.3) is 32.9 Å². The van der Waals surface area contributed by atoms with Crippen LogP contribution in [-0.2, 0) is 17.9 Å². The molecule has 1 N–H and O–H groups in total. The number of rotatable bonds is 5. The van der Waals surface area contributed by atoms with Gasteiger partial charge in [0.2, 0.25) is 0 Å². The zero-order valence-electron chi connectivity index (χ0n) is 18.4. The van der Waals surface area contributed by atoms with Crippen molar-refractivity contribution in [3.05, 3.63) is 99.7 Å². The van der Waals surface area contributed by atoms with Gasteiger partial charge in [0.1, 0.15) is 29.7 Å². The van der Waals surface area contributed by atoms with Gasteiger partial charge >= 0.3 is 5.97 Å². The van der Waals surface area contributed by atoms with Crippen LogP contribution in [0.4, 0.5) is 13.2 Å². The minimum absolute atomic E-state index is 0.254. The SMILES string of the molecule is Cc1c(-c2nn(Cc3c(F)cccc3F)c(=O)c3ccccc23)c2cc(F)ccc2n1CC(=O)O. The Morgan fingerprint density at radius 3 is 2.31 bits per heavy atom. The van der Waals surface area contributed by atoms with E-state index in [1.165, 1.54) is 28.8 Å². The van der Waals surface area contributed by atoms with E-state index < -0.39 is 35.5 Å². The molecule has 0 aliphatic rings. The molecule has 35 heavy (non-hydrogen) atoms. The second kappa shape index (κ2) is 8.43. The number of carbonyl (C=O) groups is 1. The highest BCUT2D eigenvalue weighted by molar-refractivity contribution is 6.05. The number of nitrogens with zero attached hydrogens (tertiary/aromatic N) is 3. The number of halogens is 3. The van der Waals surface area contributed by atoms with Crippen molar-refractivity contribution >= 4 is 27.6 Å². The molecule has 0 saturated heterocycles. The maximum absolute atomic E-state index is 14.4. The summed E-state index contributed by atoms with van der Waals surface area (Å²) in [5.41, 5.74) is 0.802. The lowest BCUT2D eigenvalue weighted by Crippen LogP contribution is -2.25. The topological polar surface area (TPSA) is 77.1 Å². The summed E-state index contributed by atoms with van der Waals surface area (Å²) in [5, 5.41) is 15.0. The first-order valence-corrected chi connectivity index (χ1v) is 10.7. The van der Waals surface area contributed by atoms with Crippen LogP contribution in [0.3, 0.4) is 0 Å². The molecule has 0 amide bonds. The number of hydrogen-bond acceptors (Lipinski definition) is 3. The quantitative estimate of drug-likeness (QED) is 0.392. The van der Waals surface area contributed by atoms with Crippen molar-refractivity contribution < 1.29 is 23.1 Å². The number of hydrogen-bond donors (Lipinski definition) is 1. The minimum atomic E-state index is -1.08. The summed E-state index contributed by atoms with van der Waals surface area (Å²) in [4.78, 5) is 24.7. The Kier molecular flexibility index (Phi) is 5.39. The summed E-state index contributed by atoms with van der Waals surface area (Å²) in [5.74, 6) is -3.24. The van der Waals surface area contributed by atoms with Crippen molar-refractivity contribution in [1.82, 2.24) is 14.3 Å². The highest BCUT2D eigenvalue weighted by atomic mass is 19.1. The van der Waals surface area contributed by atoms with Gasteiger partial charge in [-0.25, -0.2) is 17.9 Å². The molecule has 176 valence electrons. The van der Waals surface area contributed by atoms with Crippen LogP contribution < -0.4 is 5.56 Å². The fraction of sp³-hybridized carbons (Fsp3) is 0.115. The fourth-order valence-electron chi connectivity index (χ4n) is 4.45. The molecule has 9 heteroatoms. The Labute approximate surface area is 196 Å². The molecule has 6 nitrogen and oxygen atoms in total. The molecule has 5 rings (SSSR count). The maximum Gasteiger partial charge on any atom is 0.323 e. The molecule has 0 aliphatic carbocycles. The summed E-state index contributed by atoms with van der Waals surface area (Å²) >= 11 is 0. The standard InChI is InChI=1S/C26H18F3N3O3/c1-14-24(18-11-15(27)9-10-22(18)31(14)13-23(33)34)25-16-5-2-3-6-17(16)26(35)32(30-25)12-19-20(28)7-4-8-21(19)29/h2-11H,12-13H2,1H3,(H,33,34). The molecule has 0 saturated carbocycles. The lowest BCUT2D eigenvalue weighted by Gasteiger charge is -2.13. The number of aromatic nitrogens is 3. The third kappa shape index (κ3) is 3.74. The van der Waals surface area contributed by atoms with Crippen molar-refractivity contribution in [3.63, 3.8) is 0 Å². The van der Waals surface area contributed by atoms with Crippen molar-refractivity contribution in [2.45, 2.75) is 20.0 Å². The zero-order chi connectivity index (χ0) is 24.9. The van der Waals surface area contributed by atoms with E-state index >= 15 is 0 Å². The van der Waals surface area contributed by atoms with Crippen molar-refractivity contribution in [1.29, 1.82) is 0 Å². The minimum Gasteiger partial charge on any atom is -0.480 e. The normalized spacial score (nSPS) is 11.4. The average Bonchev–Trinajstić information content (AvgIpc) is 3.08. The number of carboxylic acid groups (broad SMARTS) is 1. The van der Waals surface area contributed by atoms with Crippen LogP contribution >= 0.6 is 0 Å². The molecule has 0 aliphatic heterocycles. The van der Waals surface area contributed by atoms with Gasteiger partial charge in [-0.1, -0.05) is 24.3 Å². The molecule has 0 atom stereocenters. The second-order valence-electron chi connectivity index (χ2n) is 8.16. The number of aliphatic carboxylic acids is 1. The van der Waals surface area contributed by atoms with Crippen LogP contribution in [0.1, 0.15) is 11.3 Å². The van der Waals surface area contributed by atoms with Crippen molar-refractivity contribution in [2.75, 3.05) is 0 Å². The maximum atomic E-state index is 14.4. The van der Waals surface area contributed by atoms with Crippen LogP contribution in [0.2, 0.25) is 0 Å². The molecule has 0 fully saturated rings. The van der Waals surface area contributed by atoms with Crippen LogP contribution in [0.5, 0.6) is 0 Å². The van der Waals surface area contributed by atoms with Gasteiger partial charge in [-0.05, 0) is 43.3 Å². The van der Waals surface area contributed by atoms with E-state index in [4.69, 9.17) is 0 Å². The van der Waals surface area contributed by atoms with Crippen LogP contribution in [0, 0.1) is 24.4 Å². The molecular weight excluding hydrogens is 459 g/mol. The van der Waals surface area contributed by atoms with Gasteiger partial charge in [-0.3, -0.25) is 9.59 Å². The van der Waals surface area contributed by atoms with Gasteiger partial charge in [0.25, 0.3) is 5.56 Å². The first kappa shape index (κ1) is 22.4. The van der Waals surface area contributed by atoms with Gasteiger partial charge < -0.3 is 9.67 Å². The first-order chi connectivity index (χ1) is 16.8. The lowest BCUT2D eigenvalue weighted by atomic mass is 10.0. The summed E-state index contributed by atoms with van der Waals surface area (Å²) < 4.78 is 45.5. The first-order valence-electron chi connectivity index (χ1n) is 10.7. The summed E-state index contributed by atoms with van der Waals surface area (Å²) in [6, 6.07) is 14.0. The molecule has 0 bridgehead atoms. The number of carboxylic acids is 1. The van der Waals surface area contributed by atoms with Gasteiger partial charge in [0, 0.05) is 33.1 Å². The zero-order valence-corrected chi connectivity index (χ0v) is 18.4. The van der Waals surface area contributed by atoms with Crippen LogP contribution in [-0.4, -0.2) is 25.4 Å². The molecule has 5 aromatic rings. The molecule has 2 heterocycles. The Morgan fingerprint density at radius 2 is 1.63 bits per heavy atom. The lowest BCUT2D eigenvalue weighted by molar-refractivity contribution is -0.137. The fourth-order valence-corrected chi connectivity index (χ4v) is 4.45. The third-order valence-corrected chi connectivity index (χ3v) is 6.05. The molecule has 2 aromatic heterocycles. The van der Waals surface area contributed by atoms with Crippen molar-refractivity contribution in [2.24, 2.45) is 0 Å². The Bertz CT molecular complexity index is 1690. The van der Waals surface area contributed by atoms with Crippen molar-refractivity contribution in [3.8, 4) is 11.3 Å².